The lowest BCUT2D eigenvalue weighted by Gasteiger charge is -2.15. The second-order valence-corrected chi connectivity index (χ2v) is 8.49. The van der Waals surface area contributed by atoms with Gasteiger partial charge in [0.15, 0.2) is 0 Å². The van der Waals surface area contributed by atoms with E-state index in [4.69, 9.17) is 20.0 Å². The number of hydrogen-bond acceptors (Lipinski definition) is 6. The average Bonchev–Trinajstić information content (AvgIpc) is 2.92. The van der Waals surface area contributed by atoms with Crippen molar-refractivity contribution in [2.45, 2.75) is 12.8 Å². The van der Waals surface area contributed by atoms with E-state index in [1.807, 2.05) is 0 Å². The third kappa shape index (κ3) is 5.82. The molecule has 4 aromatic rings. The first-order valence-corrected chi connectivity index (χ1v) is 11.5. The van der Waals surface area contributed by atoms with Crippen LogP contribution in [-0.4, -0.2) is 11.9 Å². The molecular weight excluding hydrogens is 528 g/mol. The zero-order valence-corrected chi connectivity index (χ0v) is 20.5. The molecular formula is C30H16F4N2O4. The van der Waals surface area contributed by atoms with E-state index in [1.165, 1.54) is 36.4 Å². The van der Waals surface area contributed by atoms with Gasteiger partial charge in [0.25, 0.3) is 0 Å². The molecule has 0 N–H and O–H groups in total. The summed E-state index contributed by atoms with van der Waals surface area (Å²) in [6.07, 6.45) is 0. The Morgan fingerprint density at radius 2 is 1.02 bits per heavy atom. The van der Waals surface area contributed by atoms with E-state index in [0.717, 1.165) is 36.4 Å². The second kappa shape index (κ2) is 11.5. The Labute approximate surface area is 225 Å². The summed E-state index contributed by atoms with van der Waals surface area (Å²) in [5.74, 6) is -6.82. The van der Waals surface area contributed by atoms with Crippen LogP contribution >= 0.6 is 0 Å². The number of ether oxygens (including phenoxy) is 2. The standard InChI is InChI=1S/C30H16F4N2O4/c1-16(17-4-8-23(27(33)10-17)29(37)39-21-6-2-19(14-35)25(31)12-21)18-5-9-24(28(34)11-18)30(38)40-22-7-3-20(15-36)26(32)13-22/h2-13,16H,1H3. The van der Waals surface area contributed by atoms with Gasteiger partial charge in [-0.25, -0.2) is 27.2 Å². The Kier molecular flexibility index (Phi) is 7.92. The second-order valence-electron chi connectivity index (χ2n) is 8.49. The highest BCUT2D eigenvalue weighted by Crippen LogP contribution is 2.28. The number of rotatable bonds is 6. The van der Waals surface area contributed by atoms with Crippen molar-refractivity contribution >= 4 is 11.9 Å². The van der Waals surface area contributed by atoms with Crippen LogP contribution in [0.5, 0.6) is 11.5 Å². The summed E-state index contributed by atoms with van der Waals surface area (Å²) in [7, 11) is 0. The molecule has 0 amide bonds. The lowest BCUT2D eigenvalue weighted by molar-refractivity contribution is 0.0719. The minimum absolute atomic E-state index is 0.211. The number of hydrogen-bond donors (Lipinski definition) is 0. The highest BCUT2D eigenvalue weighted by molar-refractivity contribution is 5.92. The van der Waals surface area contributed by atoms with Crippen LogP contribution in [0.1, 0.15) is 55.8 Å². The SMILES string of the molecule is CC(c1ccc(C(=O)Oc2ccc(C#N)c(F)c2)c(F)c1)c1ccc(C(=O)Oc2ccc(C#N)c(F)c2)c(F)c1. The smallest absolute Gasteiger partial charge is 0.346 e. The molecule has 0 bridgehead atoms. The predicted octanol–water partition coefficient (Wildman–Crippen LogP) is 6.58. The van der Waals surface area contributed by atoms with Crippen LogP contribution in [0.3, 0.4) is 0 Å². The molecule has 0 radical (unpaired) electrons. The minimum atomic E-state index is -1.09. The zero-order chi connectivity index (χ0) is 29.0. The average molecular weight is 544 g/mol. The molecule has 0 aliphatic carbocycles. The molecule has 0 atom stereocenters. The van der Waals surface area contributed by atoms with E-state index in [9.17, 15) is 27.2 Å². The maximum Gasteiger partial charge on any atom is 0.346 e. The fourth-order valence-electron chi connectivity index (χ4n) is 3.75. The molecule has 0 saturated carbocycles. The maximum atomic E-state index is 14.8. The summed E-state index contributed by atoms with van der Waals surface area (Å²) in [6.45, 7) is 1.65. The van der Waals surface area contributed by atoms with Crippen LogP contribution in [0, 0.1) is 45.9 Å². The van der Waals surface area contributed by atoms with Gasteiger partial charge in [0.2, 0.25) is 0 Å². The molecule has 0 aromatic heterocycles. The van der Waals surface area contributed by atoms with Crippen molar-refractivity contribution in [1.82, 2.24) is 0 Å². The summed E-state index contributed by atoms with van der Waals surface area (Å²) in [6, 6.07) is 16.9. The van der Waals surface area contributed by atoms with E-state index in [-0.39, 0.29) is 22.6 Å². The van der Waals surface area contributed by atoms with Crippen molar-refractivity contribution in [3.8, 4) is 23.6 Å². The maximum absolute atomic E-state index is 14.8. The first-order chi connectivity index (χ1) is 19.1. The zero-order valence-electron chi connectivity index (χ0n) is 20.5. The van der Waals surface area contributed by atoms with Gasteiger partial charge in [-0.3, -0.25) is 0 Å². The monoisotopic (exact) mass is 544 g/mol. The Balaban J connectivity index is 1.48. The van der Waals surface area contributed by atoms with Gasteiger partial charge in [-0.1, -0.05) is 19.1 Å². The largest absolute Gasteiger partial charge is 0.423 e. The molecule has 0 aliphatic rings. The van der Waals surface area contributed by atoms with Crippen LogP contribution in [0.4, 0.5) is 17.6 Å². The van der Waals surface area contributed by atoms with E-state index in [0.29, 0.717) is 11.1 Å². The van der Waals surface area contributed by atoms with Gasteiger partial charge in [0, 0.05) is 18.1 Å². The Bertz CT molecular complexity index is 1610. The molecule has 4 aromatic carbocycles. The van der Waals surface area contributed by atoms with Gasteiger partial charge in [-0.2, -0.15) is 10.5 Å². The predicted molar refractivity (Wildman–Crippen MR) is 132 cm³/mol. The number of nitrogens with zero attached hydrogens (tertiary/aromatic N) is 2. The van der Waals surface area contributed by atoms with E-state index in [2.05, 4.69) is 0 Å². The van der Waals surface area contributed by atoms with Gasteiger partial charge in [-0.05, 0) is 59.7 Å². The summed E-state index contributed by atoms with van der Waals surface area (Å²) in [5.41, 5.74) is -0.587. The number of carbonyl (C=O) groups excluding carboxylic acids is 2. The topological polar surface area (TPSA) is 100 Å². The molecule has 0 fully saturated rings. The Hall–Kier alpha value is -5.48. The van der Waals surface area contributed by atoms with Crippen LogP contribution in [-0.2, 0) is 0 Å². The minimum Gasteiger partial charge on any atom is -0.423 e. The van der Waals surface area contributed by atoms with Crippen LogP contribution in [0.15, 0.2) is 72.8 Å². The Morgan fingerprint density at radius 3 is 1.35 bits per heavy atom. The van der Waals surface area contributed by atoms with Gasteiger partial charge in [-0.15, -0.1) is 0 Å². The number of carbonyl (C=O) groups is 2. The normalized spacial score (nSPS) is 10.5. The van der Waals surface area contributed by atoms with Crippen molar-refractivity contribution < 1.29 is 36.6 Å². The van der Waals surface area contributed by atoms with Crippen molar-refractivity contribution in [2.24, 2.45) is 0 Å². The first kappa shape index (κ1) is 27.6. The van der Waals surface area contributed by atoms with Crippen molar-refractivity contribution in [3.63, 3.8) is 0 Å². The molecule has 0 saturated heterocycles. The molecule has 4 rings (SSSR count). The fourth-order valence-corrected chi connectivity index (χ4v) is 3.75. The van der Waals surface area contributed by atoms with Gasteiger partial charge >= 0.3 is 11.9 Å². The fraction of sp³-hybridized carbons (Fsp3) is 0.0667. The first-order valence-electron chi connectivity index (χ1n) is 11.5. The van der Waals surface area contributed by atoms with Crippen molar-refractivity contribution in [1.29, 1.82) is 10.5 Å². The number of benzene rings is 4. The van der Waals surface area contributed by atoms with Gasteiger partial charge in [0.1, 0.15) is 46.9 Å². The van der Waals surface area contributed by atoms with Crippen molar-refractivity contribution in [3.05, 3.63) is 129 Å². The third-order valence-corrected chi connectivity index (χ3v) is 5.97. The molecule has 6 nitrogen and oxygen atoms in total. The van der Waals surface area contributed by atoms with Crippen LogP contribution < -0.4 is 9.47 Å². The van der Waals surface area contributed by atoms with E-state index in [1.54, 1.807) is 19.1 Å². The van der Waals surface area contributed by atoms with Gasteiger partial charge in [0.05, 0.1) is 22.3 Å². The van der Waals surface area contributed by atoms with Gasteiger partial charge < -0.3 is 9.47 Å². The van der Waals surface area contributed by atoms with E-state index < -0.39 is 52.3 Å². The van der Waals surface area contributed by atoms with E-state index >= 15 is 0 Å². The summed E-state index contributed by atoms with van der Waals surface area (Å²) >= 11 is 0. The number of nitriles is 2. The highest BCUT2D eigenvalue weighted by Gasteiger charge is 2.21. The lowest BCUT2D eigenvalue weighted by atomic mass is 9.91. The molecule has 0 heterocycles. The quantitative estimate of drug-likeness (QED) is 0.155. The molecule has 40 heavy (non-hydrogen) atoms. The molecule has 0 spiro atoms. The summed E-state index contributed by atoms with van der Waals surface area (Å²) in [4.78, 5) is 24.8. The molecule has 10 heteroatoms. The van der Waals surface area contributed by atoms with Crippen LogP contribution in [0.25, 0.3) is 0 Å². The van der Waals surface area contributed by atoms with Crippen molar-refractivity contribution in [2.75, 3.05) is 0 Å². The lowest BCUT2D eigenvalue weighted by Crippen LogP contribution is -2.12. The third-order valence-electron chi connectivity index (χ3n) is 5.97. The number of esters is 2. The number of halogens is 4. The molecule has 198 valence electrons. The van der Waals surface area contributed by atoms with Crippen LogP contribution in [0.2, 0.25) is 0 Å². The highest BCUT2D eigenvalue weighted by atomic mass is 19.1. The summed E-state index contributed by atoms with van der Waals surface area (Å²) < 4.78 is 67.1. The molecule has 0 aliphatic heterocycles. The summed E-state index contributed by atoms with van der Waals surface area (Å²) in [5, 5.41) is 17.6. The molecule has 0 unspecified atom stereocenters. The Morgan fingerprint density at radius 1 is 0.625 bits per heavy atom.